The van der Waals surface area contributed by atoms with Gasteiger partial charge < -0.3 is 10.2 Å². The molecule has 7 heteroatoms. The number of thioether (sulfide) groups is 1. The lowest BCUT2D eigenvalue weighted by Gasteiger charge is -2.29. The maximum atomic E-state index is 13.1. The minimum absolute atomic E-state index is 0.0566. The molecular formula is C23H28BrClN2O2S. The number of halogens is 2. The number of hydrogen-bond donors (Lipinski definition) is 1. The number of nitrogens with one attached hydrogen (secondary N) is 1. The van der Waals surface area contributed by atoms with Crippen molar-refractivity contribution in [2.24, 2.45) is 0 Å². The number of nitrogens with zero attached hydrogens (tertiary/aromatic N) is 1. The zero-order chi connectivity index (χ0) is 22.1. The first kappa shape index (κ1) is 24.8. The first-order valence-corrected chi connectivity index (χ1v) is 12.3. The van der Waals surface area contributed by atoms with Gasteiger partial charge in [0.2, 0.25) is 11.8 Å². The van der Waals surface area contributed by atoms with Crippen LogP contribution < -0.4 is 5.32 Å². The Morgan fingerprint density at radius 2 is 1.67 bits per heavy atom. The van der Waals surface area contributed by atoms with Crippen LogP contribution in [0.2, 0.25) is 5.02 Å². The van der Waals surface area contributed by atoms with Gasteiger partial charge in [0.1, 0.15) is 6.04 Å². The third-order valence-electron chi connectivity index (χ3n) is 4.84. The normalized spacial score (nSPS) is 12.8. The van der Waals surface area contributed by atoms with Gasteiger partial charge in [0.05, 0.1) is 5.75 Å². The monoisotopic (exact) mass is 510 g/mol. The second kappa shape index (κ2) is 12.4. The smallest absolute Gasteiger partial charge is 0.242 e. The number of hydrogen-bond acceptors (Lipinski definition) is 3. The average Bonchev–Trinajstić information content (AvgIpc) is 2.74. The fourth-order valence-electron chi connectivity index (χ4n) is 2.75. The van der Waals surface area contributed by atoms with Gasteiger partial charge in [0, 0.05) is 27.8 Å². The van der Waals surface area contributed by atoms with Gasteiger partial charge >= 0.3 is 0 Å². The fraction of sp³-hybridized carbons (Fsp3) is 0.391. The van der Waals surface area contributed by atoms with E-state index in [1.807, 2.05) is 50.2 Å². The third-order valence-corrected chi connectivity index (χ3v) is 6.61. The zero-order valence-corrected chi connectivity index (χ0v) is 20.7. The summed E-state index contributed by atoms with van der Waals surface area (Å²) in [5, 5.41) is 3.62. The summed E-state index contributed by atoms with van der Waals surface area (Å²) < 4.78 is 1.03. The van der Waals surface area contributed by atoms with Crippen molar-refractivity contribution in [2.45, 2.75) is 51.6 Å². The summed E-state index contributed by atoms with van der Waals surface area (Å²) in [7, 11) is 0. The molecule has 0 saturated heterocycles. The number of carbonyl (C=O) groups excluding carboxylic acids is 2. The van der Waals surface area contributed by atoms with E-state index in [1.165, 1.54) is 0 Å². The SMILES string of the molecule is CCC(C)NC(=O)C(C)N(Cc1ccc(Cl)cc1)C(=O)CSCc1ccc(Br)cc1. The summed E-state index contributed by atoms with van der Waals surface area (Å²) in [5.74, 6) is 0.856. The highest BCUT2D eigenvalue weighted by Crippen LogP contribution is 2.19. The largest absolute Gasteiger partial charge is 0.352 e. The Morgan fingerprint density at radius 3 is 2.27 bits per heavy atom. The minimum Gasteiger partial charge on any atom is -0.352 e. The Bertz CT molecular complexity index is 830. The lowest BCUT2D eigenvalue weighted by molar-refractivity contribution is -0.138. The quantitative estimate of drug-likeness (QED) is 0.447. The van der Waals surface area contributed by atoms with Crippen LogP contribution in [-0.4, -0.2) is 34.6 Å². The number of carbonyl (C=O) groups is 2. The highest BCUT2D eigenvalue weighted by Gasteiger charge is 2.26. The van der Waals surface area contributed by atoms with Crippen LogP contribution in [-0.2, 0) is 21.9 Å². The summed E-state index contributed by atoms with van der Waals surface area (Å²) in [6.45, 7) is 6.13. The van der Waals surface area contributed by atoms with Crippen molar-refractivity contribution in [1.82, 2.24) is 10.2 Å². The maximum absolute atomic E-state index is 13.1. The molecule has 0 aliphatic rings. The van der Waals surface area contributed by atoms with Crippen molar-refractivity contribution in [2.75, 3.05) is 5.75 Å². The number of amides is 2. The van der Waals surface area contributed by atoms with E-state index in [9.17, 15) is 9.59 Å². The highest BCUT2D eigenvalue weighted by molar-refractivity contribution is 9.10. The van der Waals surface area contributed by atoms with E-state index in [-0.39, 0.29) is 17.9 Å². The Kier molecular flexibility index (Phi) is 10.2. The molecule has 2 rings (SSSR count). The van der Waals surface area contributed by atoms with Gasteiger partial charge in [-0.2, -0.15) is 0 Å². The van der Waals surface area contributed by atoms with Gasteiger partial charge in [-0.25, -0.2) is 0 Å². The molecule has 162 valence electrons. The Balaban J connectivity index is 2.06. The fourth-order valence-corrected chi connectivity index (χ4v) is 4.02. The van der Waals surface area contributed by atoms with E-state index >= 15 is 0 Å². The molecule has 1 N–H and O–H groups in total. The lowest BCUT2D eigenvalue weighted by atomic mass is 10.1. The van der Waals surface area contributed by atoms with E-state index in [4.69, 9.17) is 11.6 Å². The number of rotatable bonds is 10. The standard InChI is InChI=1S/C23H28BrClN2O2S/c1-4-16(2)26-23(29)17(3)27(13-18-7-11-21(25)12-8-18)22(28)15-30-14-19-5-9-20(24)10-6-19/h5-12,16-17H,4,13-15H2,1-3H3,(H,26,29). The molecule has 2 atom stereocenters. The minimum atomic E-state index is -0.560. The molecule has 0 aromatic heterocycles. The first-order chi connectivity index (χ1) is 14.3. The van der Waals surface area contributed by atoms with Crippen LogP contribution >= 0.6 is 39.3 Å². The van der Waals surface area contributed by atoms with Gasteiger partial charge in [-0.3, -0.25) is 9.59 Å². The van der Waals surface area contributed by atoms with Crippen molar-refractivity contribution in [1.29, 1.82) is 0 Å². The van der Waals surface area contributed by atoms with E-state index in [1.54, 1.807) is 35.7 Å². The van der Waals surface area contributed by atoms with Crippen molar-refractivity contribution in [3.8, 4) is 0 Å². The van der Waals surface area contributed by atoms with Crippen LogP contribution in [0.25, 0.3) is 0 Å². The topological polar surface area (TPSA) is 49.4 Å². The second-order valence-corrected chi connectivity index (χ2v) is 9.60. The van der Waals surface area contributed by atoms with Crippen LogP contribution in [0, 0.1) is 0 Å². The van der Waals surface area contributed by atoms with E-state index in [2.05, 4.69) is 21.2 Å². The predicted octanol–water partition coefficient (Wildman–Crippen LogP) is 5.67. The zero-order valence-electron chi connectivity index (χ0n) is 17.5. The maximum Gasteiger partial charge on any atom is 0.242 e. The molecule has 30 heavy (non-hydrogen) atoms. The Hall–Kier alpha value is -1.50. The van der Waals surface area contributed by atoms with E-state index in [0.29, 0.717) is 17.3 Å². The van der Waals surface area contributed by atoms with Crippen LogP contribution in [0.15, 0.2) is 53.0 Å². The summed E-state index contributed by atoms with van der Waals surface area (Å²) in [6, 6.07) is 14.9. The molecule has 2 unspecified atom stereocenters. The van der Waals surface area contributed by atoms with Gasteiger partial charge in [-0.05, 0) is 55.7 Å². The van der Waals surface area contributed by atoms with E-state index in [0.717, 1.165) is 27.8 Å². The second-order valence-electron chi connectivity index (χ2n) is 7.26. The summed E-state index contributed by atoms with van der Waals surface area (Å²) in [4.78, 5) is 27.4. The Morgan fingerprint density at radius 1 is 1.07 bits per heavy atom. The van der Waals surface area contributed by atoms with Crippen molar-refractivity contribution >= 4 is 51.1 Å². The van der Waals surface area contributed by atoms with E-state index < -0.39 is 6.04 Å². The molecule has 0 fully saturated rings. The molecule has 0 spiro atoms. The van der Waals surface area contributed by atoms with Crippen LogP contribution in [0.1, 0.15) is 38.3 Å². The molecule has 0 saturated carbocycles. The molecule has 0 aliphatic heterocycles. The van der Waals surface area contributed by atoms with Crippen molar-refractivity contribution < 1.29 is 9.59 Å². The predicted molar refractivity (Wildman–Crippen MR) is 130 cm³/mol. The molecule has 0 bridgehead atoms. The van der Waals surface area contributed by atoms with Crippen molar-refractivity contribution in [3.05, 3.63) is 69.2 Å². The molecule has 2 aromatic carbocycles. The average molecular weight is 512 g/mol. The van der Waals surface area contributed by atoms with Gasteiger partial charge in [-0.1, -0.05) is 58.7 Å². The third kappa shape index (κ3) is 7.97. The summed E-state index contributed by atoms with van der Waals surface area (Å²) >= 11 is 11.0. The Labute approximate surface area is 196 Å². The van der Waals surface area contributed by atoms with Crippen LogP contribution in [0.3, 0.4) is 0 Å². The van der Waals surface area contributed by atoms with Crippen LogP contribution in [0.4, 0.5) is 0 Å². The van der Waals surface area contributed by atoms with Gasteiger partial charge in [0.25, 0.3) is 0 Å². The van der Waals surface area contributed by atoms with Gasteiger partial charge in [0.15, 0.2) is 0 Å². The summed E-state index contributed by atoms with van der Waals surface area (Å²) in [5.41, 5.74) is 2.09. The molecule has 4 nitrogen and oxygen atoms in total. The lowest BCUT2D eigenvalue weighted by Crippen LogP contribution is -2.50. The van der Waals surface area contributed by atoms with Crippen LogP contribution in [0.5, 0.6) is 0 Å². The van der Waals surface area contributed by atoms with Crippen molar-refractivity contribution in [3.63, 3.8) is 0 Å². The molecule has 0 radical (unpaired) electrons. The first-order valence-electron chi connectivity index (χ1n) is 9.96. The molecule has 2 aromatic rings. The van der Waals surface area contributed by atoms with Gasteiger partial charge in [-0.15, -0.1) is 11.8 Å². The molecule has 0 heterocycles. The molecule has 0 aliphatic carbocycles. The molecule has 2 amide bonds. The molecular weight excluding hydrogens is 484 g/mol. The summed E-state index contributed by atoms with van der Waals surface area (Å²) in [6.07, 6.45) is 0.840. The highest BCUT2D eigenvalue weighted by atomic mass is 79.9. The number of benzene rings is 2.